The zero-order valence-electron chi connectivity index (χ0n) is 8.94. The van der Waals surface area contributed by atoms with E-state index in [0.29, 0.717) is 6.07 Å². The third-order valence-corrected chi connectivity index (χ3v) is 1.72. The van der Waals surface area contributed by atoms with Crippen molar-refractivity contribution in [2.24, 2.45) is 0 Å². The van der Waals surface area contributed by atoms with Crippen LogP contribution in [-0.4, -0.2) is 17.9 Å². The standard InChI is InChI=1S/C10H8F3NO4/c1-2-5-17-8-4-3-7(14(15)16)6-9(8)18-10(11,12)13/h2-4,6H,1,5H2. The molecule has 8 heteroatoms. The van der Waals surface area contributed by atoms with Gasteiger partial charge in [0.25, 0.3) is 5.69 Å². The first-order valence-electron chi connectivity index (χ1n) is 4.61. The van der Waals surface area contributed by atoms with Gasteiger partial charge in [-0.25, -0.2) is 0 Å². The summed E-state index contributed by atoms with van der Waals surface area (Å²) in [5, 5.41) is 10.5. The minimum Gasteiger partial charge on any atom is -0.486 e. The smallest absolute Gasteiger partial charge is 0.486 e. The van der Waals surface area contributed by atoms with Gasteiger partial charge < -0.3 is 9.47 Å². The predicted octanol–water partition coefficient (Wildman–Crippen LogP) is 3.06. The molecule has 5 nitrogen and oxygen atoms in total. The summed E-state index contributed by atoms with van der Waals surface area (Å²) in [5.74, 6) is -1.02. The number of nitro benzene ring substituents is 1. The van der Waals surface area contributed by atoms with Crippen molar-refractivity contribution >= 4 is 5.69 Å². The molecule has 0 radical (unpaired) electrons. The molecular formula is C10H8F3NO4. The van der Waals surface area contributed by atoms with Crippen LogP contribution >= 0.6 is 0 Å². The fourth-order valence-electron chi connectivity index (χ4n) is 1.08. The number of hydrogen-bond acceptors (Lipinski definition) is 4. The quantitative estimate of drug-likeness (QED) is 0.465. The van der Waals surface area contributed by atoms with Gasteiger partial charge in [0.15, 0.2) is 11.5 Å². The van der Waals surface area contributed by atoms with Gasteiger partial charge in [-0.05, 0) is 6.07 Å². The van der Waals surface area contributed by atoms with Crippen LogP contribution in [0.15, 0.2) is 30.9 Å². The SMILES string of the molecule is C=CCOc1ccc([N+](=O)[O-])cc1OC(F)(F)F. The Morgan fingerprint density at radius 1 is 1.39 bits per heavy atom. The Morgan fingerprint density at radius 2 is 2.06 bits per heavy atom. The maximum atomic E-state index is 12.1. The molecule has 1 aromatic rings. The molecule has 0 heterocycles. The first kappa shape index (κ1) is 13.8. The molecule has 0 bridgehead atoms. The zero-order chi connectivity index (χ0) is 13.8. The van der Waals surface area contributed by atoms with Gasteiger partial charge in [0.1, 0.15) is 6.61 Å². The van der Waals surface area contributed by atoms with Crippen LogP contribution in [0.4, 0.5) is 18.9 Å². The van der Waals surface area contributed by atoms with E-state index in [4.69, 9.17) is 4.74 Å². The lowest BCUT2D eigenvalue weighted by Gasteiger charge is -2.12. The molecule has 0 fully saturated rings. The molecule has 0 atom stereocenters. The minimum absolute atomic E-state index is 0.0496. The summed E-state index contributed by atoms with van der Waals surface area (Å²) >= 11 is 0. The van der Waals surface area contributed by atoms with Gasteiger partial charge >= 0.3 is 6.36 Å². The van der Waals surface area contributed by atoms with Crippen molar-refractivity contribution < 1.29 is 27.6 Å². The van der Waals surface area contributed by atoms with Crippen LogP contribution in [0.25, 0.3) is 0 Å². The Bertz CT molecular complexity index is 459. The van der Waals surface area contributed by atoms with Crippen molar-refractivity contribution in [1.29, 1.82) is 0 Å². The molecule has 0 amide bonds. The van der Waals surface area contributed by atoms with Gasteiger partial charge in [-0.1, -0.05) is 12.7 Å². The molecule has 0 aromatic heterocycles. The van der Waals surface area contributed by atoms with Crippen LogP contribution in [-0.2, 0) is 0 Å². The first-order valence-corrected chi connectivity index (χ1v) is 4.61. The van der Waals surface area contributed by atoms with Gasteiger partial charge in [-0.15, -0.1) is 13.2 Å². The molecular weight excluding hydrogens is 255 g/mol. The van der Waals surface area contributed by atoms with Crippen LogP contribution < -0.4 is 9.47 Å². The number of rotatable bonds is 5. The Hall–Kier alpha value is -2.25. The van der Waals surface area contributed by atoms with E-state index >= 15 is 0 Å². The summed E-state index contributed by atoms with van der Waals surface area (Å²) in [7, 11) is 0. The Kier molecular flexibility index (Phi) is 4.13. The molecule has 18 heavy (non-hydrogen) atoms. The van der Waals surface area contributed by atoms with E-state index < -0.39 is 22.7 Å². The Balaban J connectivity index is 3.09. The van der Waals surface area contributed by atoms with E-state index in [1.165, 1.54) is 6.08 Å². The summed E-state index contributed by atoms with van der Waals surface area (Å²) < 4.78 is 44.9. The minimum atomic E-state index is -4.96. The van der Waals surface area contributed by atoms with Gasteiger partial charge in [-0.2, -0.15) is 0 Å². The van der Waals surface area contributed by atoms with Crippen molar-refractivity contribution in [2.45, 2.75) is 6.36 Å². The molecule has 0 unspecified atom stereocenters. The van der Waals surface area contributed by atoms with Crippen LogP contribution in [0.5, 0.6) is 11.5 Å². The summed E-state index contributed by atoms with van der Waals surface area (Å²) in [6, 6.07) is 2.69. The molecule has 0 saturated carbocycles. The molecule has 98 valence electrons. The van der Waals surface area contributed by atoms with Crippen LogP contribution in [0.3, 0.4) is 0 Å². The van der Waals surface area contributed by atoms with Gasteiger partial charge in [0.2, 0.25) is 0 Å². The van der Waals surface area contributed by atoms with Crippen molar-refractivity contribution in [2.75, 3.05) is 6.61 Å². The van der Waals surface area contributed by atoms with Crippen molar-refractivity contribution in [3.63, 3.8) is 0 Å². The van der Waals surface area contributed by atoms with E-state index in [9.17, 15) is 23.3 Å². The molecule has 0 N–H and O–H groups in total. The molecule has 0 aliphatic carbocycles. The highest BCUT2D eigenvalue weighted by molar-refractivity contribution is 5.48. The molecule has 1 rings (SSSR count). The largest absolute Gasteiger partial charge is 0.573 e. The molecule has 0 spiro atoms. The molecule has 0 saturated heterocycles. The molecule has 0 aliphatic heterocycles. The van der Waals surface area contributed by atoms with Crippen LogP contribution in [0.2, 0.25) is 0 Å². The average molecular weight is 263 g/mol. The third kappa shape index (κ3) is 3.96. The van der Waals surface area contributed by atoms with Crippen LogP contribution in [0, 0.1) is 10.1 Å². The number of nitro groups is 1. The number of halogens is 3. The van der Waals surface area contributed by atoms with E-state index in [0.717, 1.165) is 12.1 Å². The normalized spacial score (nSPS) is 10.8. The van der Waals surface area contributed by atoms with Gasteiger partial charge in [0, 0.05) is 6.07 Å². The van der Waals surface area contributed by atoms with E-state index in [-0.39, 0.29) is 12.4 Å². The second kappa shape index (κ2) is 5.39. The first-order chi connectivity index (χ1) is 8.33. The number of nitrogens with zero attached hydrogens (tertiary/aromatic N) is 1. The Labute approximate surface area is 99.6 Å². The highest BCUT2D eigenvalue weighted by atomic mass is 19.4. The number of alkyl halides is 3. The highest BCUT2D eigenvalue weighted by Crippen LogP contribution is 2.35. The van der Waals surface area contributed by atoms with Crippen LogP contribution in [0.1, 0.15) is 0 Å². The second-order valence-electron chi connectivity index (χ2n) is 3.04. The summed E-state index contributed by atoms with van der Waals surface area (Å²) in [5.41, 5.74) is -0.528. The average Bonchev–Trinajstić information content (AvgIpc) is 2.25. The number of benzene rings is 1. The number of hydrogen-bond donors (Lipinski definition) is 0. The topological polar surface area (TPSA) is 61.6 Å². The maximum absolute atomic E-state index is 12.1. The number of non-ortho nitro benzene ring substituents is 1. The Morgan fingerprint density at radius 3 is 2.56 bits per heavy atom. The van der Waals surface area contributed by atoms with Crippen molar-refractivity contribution in [3.8, 4) is 11.5 Å². The monoisotopic (exact) mass is 263 g/mol. The fourth-order valence-corrected chi connectivity index (χ4v) is 1.08. The summed E-state index contributed by atoms with van der Waals surface area (Å²) in [6.07, 6.45) is -3.64. The second-order valence-corrected chi connectivity index (χ2v) is 3.04. The highest BCUT2D eigenvalue weighted by Gasteiger charge is 2.33. The maximum Gasteiger partial charge on any atom is 0.573 e. The molecule has 0 aliphatic rings. The third-order valence-electron chi connectivity index (χ3n) is 1.72. The fraction of sp³-hybridized carbons (Fsp3) is 0.200. The lowest BCUT2D eigenvalue weighted by molar-refractivity contribution is -0.385. The van der Waals surface area contributed by atoms with Gasteiger partial charge in [-0.3, -0.25) is 10.1 Å². The van der Waals surface area contributed by atoms with E-state index in [1.54, 1.807) is 0 Å². The lowest BCUT2D eigenvalue weighted by Crippen LogP contribution is -2.18. The van der Waals surface area contributed by atoms with Gasteiger partial charge in [0.05, 0.1) is 11.0 Å². The summed E-state index contributed by atoms with van der Waals surface area (Å²) in [4.78, 5) is 9.62. The summed E-state index contributed by atoms with van der Waals surface area (Å²) in [6.45, 7) is 3.28. The lowest BCUT2D eigenvalue weighted by atomic mass is 10.3. The van der Waals surface area contributed by atoms with E-state index in [2.05, 4.69) is 11.3 Å². The van der Waals surface area contributed by atoms with Crippen molar-refractivity contribution in [1.82, 2.24) is 0 Å². The molecule has 1 aromatic carbocycles. The van der Waals surface area contributed by atoms with Crippen molar-refractivity contribution in [3.05, 3.63) is 41.0 Å². The zero-order valence-corrected chi connectivity index (χ0v) is 8.94. The predicted molar refractivity (Wildman–Crippen MR) is 55.5 cm³/mol. The van der Waals surface area contributed by atoms with E-state index in [1.807, 2.05) is 0 Å². The number of ether oxygens (including phenoxy) is 2.